The fourth-order valence-electron chi connectivity index (χ4n) is 3.72. The Morgan fingerprint density at radius 1 is 0.737 bits per heavy atom. The minimum Gasteiger partial charge on any atom is -0.167 e. The van der Waals surface area contributed by atoms with Crippen LogP contribution in [0.1, 0.15) is 41.9 Å². The monoisotopic (exact) mass is 258 g/mol. The molecule has 0 atom stereocenters. The summed E-state index contributed by atoms with van der Waals surface area (Å²) in [5.74, 6) is 0. The summed E-state index contributed by atoms with van der Waals surface area (Å²) in [5, 5.41) is 0. The Labute approximate surface area is 115 Å². The van der Waals surface area contributed by atoms with Gasteiger partial charge >= 0.3 is 6.17 Å². The molecule has 1 aromatic heterocycles. The first-order valence-corrected chi connectivity index (χ1v) is 7.03. The second-order valence-electron chi connectivity index (χ2n) is 6.06. The van der Waals surface area contributed by atoms with Gasteiger partial charge in [-0.25, -0.2) is 0 Å². The lowest BCUT2D eigenvalue weighted by Crippen LogP contribution is -2.64. The summed E-state index contributed by atoms with van der Waals surface area (Å²) in [5.41, 5.74) is 9.91. The fraction of sp³-hybridized carbons (Fsp3) is 0.562. The molecule has 3 nitrogen and oxygen atoms in total. The summed E-state index contributed by atoms with van der Waals surface area (Å²) in [4.78, 5) is 0. The van der Waals surface area contributed by atoms with Gasteiger partial charge in [0.25, 0.3) is 29.4 Å². The fourth-order valence-corrected chi connectivity index (χ4v) is 3.72. The second kappa shape index (κ2) is 3.75. The second-order valence-corrected chi connectivity index (χ2v) is 6.06. The summed E-state index contributed by atoms with van der Waals surface area (Å²) in [6.45, 7) is 12.3. The molecule has 2 bridgehead atoms. The Bertz CT molecular complexity index is 625. The van der Waals surface area contributed by atoms with E-state index in [9.17, 15) is 0 Å². The molecule has 0 aromatic carbocycles. The molecule has 0 aliphatic carbocycles. The Kier molecular flexibility index (Phi) is 2.47. The predicted octanol–water partition coefficient (Wildman–Crippen LogP) is 1.16. The van der Waals surface area contributed by atoms with Gasteiger partial charge in [0.05, 0.1) is 0 Å². The topological polar surface area (TPSA) is 9.90 Å². The molecular weight excluding hydrogens is 234 g/mol. The van der Waals surface area contributed by atoms with Crippen LogP contribution in [-0.2, 0) is 6.54 Å². The molecule has 0 fully saturated rings. The molecule has 0 saturated carbocycles. The molecule has 0 N–H and O–H groups in total. The lowest BCUT2D eigenvalue weighted by Gasteiger charge is -2.24. The van der Waals surface area contributed by atoms with Crippen molar-refractivity contribution < 1.29 is 13.7 Å². The number of fused-ring (bicyclic) bond motifs is 1. The molecule has 3 heteroatoms. The number of hydrogen-bond acceptors (Lipinski definition) is 0. The first-order valence-electron chi connectivity index (χ1n) is 7.03. The summed E-state index contributed by atoms with van der Waals surface area (Å²) in [6, 6.07) is 0. The highest BCUT2D eigenvalue weighted by Crippen LogP contribution is 2.23. The Morgan fingerprint density at radius 3 is 1.58 bits per heavy atom. The predicted molar refractivity (Wildman–Crippen MR) is 76.6 cm³/mol. The van der Waals surface area contributed by atoms with Crippen molar-refractivity contribution in [1.29, 1.82) is 0 Å². The lowest BCUT2D eigenvalue weighted by atomic mass is 9.94. The Morgan fingerprint density at radius 2 is 1.16 bits per heavy atom. The third kappa shape index (κ3) is 1.36. The highest BCUT2D eigenvalue weighted by molar-refractivity contribution is 5.97. The maximum absolute atomic E-state index is 2.53. The highest BCUT2D eigenvalue weighted by Gasteiger charge is 2.50. The molecule has 0 spiro atoms. The van der Waals surface area contributed by atoms with Gasteiger partial charge in [0.15, 0.2) is 0 Å². The molecule has 0 unspecified atom stereocenters. The van der Waals surface area contributed by atoms with Crippen molar-refractivity contribution in [3.8, 4) is 0 Å². The van der Waals surface area contributed by atoms with Gasteiger partial charge in [-0.1, -0.05) is 0 Å². The van der Waals surface area contributed by atoms with Crippen LogP contribution in [-0.4, -0.2) is 40.8 Å². The lowest BCUT2D eigenvalue weighted by molar-refractivity contribution is -0.856. The van der Waals surface area contributed by atoms with Gasteiger partial charge in [-0.15, -0.1) is 0 Å². The Hall–Kier alpha value is -1.51. The molecule has 0 saturated heterocycles. The molecule has 100 valence electrons. The number of rotatable bonds is 0. The van der Waals surface area contributed by atoms with Crippen LogP contribution in [0.5, 0.6) is 0 Å². The van der Waals surface area contributed by atoms with E-state index in [-0.39, 0.29) is 0 Å². The highest BCUT2D eigenvalue weighted by atomic mass is 15.3. The normalized spacial score (nSPS) is 18.5. The van der Waals surface area contributed by atoms with E-state index in [4.69, 9.17) is 0 Å². The zero-order valence-corrected chi connectivity index (χ0v) is 13.1. The van der Waals surface area contributed by atoms with Crippen molar-refractivity contribution >= 4 is 11.4 Å². The SMILES string of the molecule is CC1=[N+](C)C2C[n+]3c1c(C)c(C)c(C)c3C(C)=[N+]2C. The Balaban J connectivity index is 2.54. The van der Waals surface area contributed by atoms with E-state index in [1.165, 1.54) is 39.5 Å². The van der Waals surface area contributed by atoms with Gasteiger partial charge in [-0.3, -0.25) is 0 Å². The molecule has 2 aliphatic rings. The van der Waals surface area contributed by atoms with Crippen molar-refractivity contribution in [2.45, 2.75) is 47.3 Å². The molecule has 0 radical (unpaired) electrons. The van der Waals surface area contributed by atoms with Crippen molar-refractivity contribution in [2.24, 2.45) is 0 Å². The van der Waals surface area contributed by atoms with E-state index < -0.39 is 0 Å². The number of aromatic nitrogens is 1. The van der Waals surface area contributed by atoms with Crippen LogP contribution in [0, 0.1) is 20.8 Å². The zero-order valence-electron chi connectivity index (χ0n) is 13.1. The number of pyridine rings is 1. The maximum Gasteiger partial charge on any atom is 0.402 e. The molecular formula is C16H24N3+3. The number of hydrogen-bond donors (Lipinski definition) is 0. The quantitative estimate of drug-likeness (QED) is 0.618. The third-order valence-corrected chi connectivity index (χ3v) is 5.36. The van der Waals surface area contributed by atoms with Gasteiger partial charge in [0.1, 0.15) is 14.1 Å². The molecule has 19 heavy (non-hydrogen) atoms. The van der Waals surface area contributed by atoms with Crippen LogP contribution in [0.3, 0.4) is 0 Å². The van der Waals surface area contributed by atoms with E-state index in [1.54, 1.807) is 0 Å². The average Bonchev–Trinajstić information content (AvgIpc) is 2.38. The van der Waals surface area contributed by atoms with Gasteiger partial charge < -0.3 is 0 Å². The van der Waals surface area contributed by atoms with Gasteiger partial charge in [0.2, 0.25) is 0 Å². The zero-order chi connectivity index (χ0) is 14.1. The van der Waals surface area contributed by atoms with E-state index in [0.717, 1.165) is 6.54 Å². The van der Waals surface area contributed by atoms with E-state index in [2.05, 4.69) is 62.4 Å². The average molecular weight is 258 g/mol. The summed E-state index contributed by atoms with van der Waals surface area (Å²) >= 11 is 0. The first-order chi connectivity index (χ1) is 8.86. The molecule has 2 aliphatic heterocycles. The summed E-state index contributed by atoms with van der Waals surface area (Å²) in [7, 11) is 4.43. The largest absolute Gasteiger partial charge is 0.402 e. The van der Waals surface area contributed by atoms with Crippen LogP contribution >= 0.6 is 0 Å². The van der Waals surface area contributed by atoms with E-state index >= 15 is 0 Å². The van der Waals surface area contributed by atoms with Crippen LogP contribution in [0.4, 0.5) is 0 Å². The summed E-state index contributed by atoms with van der Waals surface area (Å²) in [6.07, 6.45) is 0.450. The van der Waals surface area contributed by atoms with Crippen LogP contribution in [0.15, 0.2) is 0 Å². The summed E-state index contributed by atoms with van der Waals surface area (Å²) < 4.78 is 7.38. The molecule has 1 aromatic rings. The van der Waals surface area contributed by atoms with Gasteiger partial charge in [-0.2, -0.15) is 13.7 Å². The standard InChI is InChI=1S/C16H24N3/c1-9-10(2)15-12(4)17(6)14-8-19(15)16(11(9)3)13(5)18(14)7/h14H,8H2,1-7H3/q+3. The van der Waals surface area contributed by atoms with Crippen molar-refractivity contribution in [3.63, 3.8) is 0 Å². The van der Waals surface area contributed by atoms with E-state index in [0.29, 0.717) is 6.17 Å². The third-order valence-electron chi connectivity index (χ3n) is 5.36. The molecule has 3 rings (SSSR count). The molecule has 0 amide bonds. The van der Waals surface area contributed by atoms with Crippen LogP contribution in [0.25, 0.3) is 0 Å². The van der Waals surface area contributed by atoms with Gasteiger partial charge in [-0.05, 0) is 26.3 Å². The number of nitrogens with zero attached hydrogens (tertiary/aromatic N) is 3. The van der Waals surface area contributed by atoms with Crippen molar-refractivity contribution in [3.05, 3.63) is 28.1 Å². The molecule has 3 heterocycles. The van der Waals surface area contributed by atoms with E-state index in [1.807, 2.05) is 0 Å². The van der Waals surface area contributed by atoms with Crippen molar-refractivity contribution in [2.75, 3.05) is 14.1 Å². The van der Waals surface area contributed by atoms with Crippen molar-refractivity contribution in [1.82, 2.24) is 0 Å². The number of likely N-dealkylation sites (N-methyl/N-ethyl adjacent to an activating group) is 2. The minimum atomic E-state index is 0.450. The van der Waals surface area contributed by atoms with Gasteiger partial charge in [0, 0.05) is 25.0 Å². The first kappa shape index (κ1) is 12.5. The van der Waals surface area contributed by atoms with Crippen LogP contribution in [0.2, 0.25) is 0 Å². The smallest absolute Gasteiger partial charge is 0.167 e. The minimum absolute atomic E-state index is 0.450. The maximum atomic E-state index is 2.53. The van der Waals surface area contributed by atoms with Crippen LogP contribution < -0.4 is 4.57 Å².